The Kier molecular flexibility index (Phi) is 8.29. The first kappa shape index (κ1) is 20.0. The van der Waals surface area contributed by atoms with E-state index in [1.165, 1.54) is 0 Å². The van der Waals surface area contributed by atoms with Crippen molar-refractivity contribution in [2.45, 2.75) is 26.4 Å². The van der Waals surface area contributed by atoms with E-state index >= 15 is 0 Å². The second-order valence-corrected chi connectivity index (χ2v) is 5.44. The number of aromatic nitrogens is 2. The number of ether oxygens (including phenoxy) is 1. The third-order valence-electron chi connectivity index (χ3n) is 3.52. The molecule has 132 valence electrons. The van der Waals surface area contributed by atoms with E-state index in [0.29, 0.717) is 18.7 Å². The number of hydrogen-bond donors (Lipinski definition) is 2. The molecule has 1 heterocycles. The first-order valence-electron chi connectivity index (χ1n) is 7.79. The minimum absolute atomic E-state index is 0. The van der Waals surface area contributed by atoms with Crippen LogP contribution in [0.1, 0.15) is 29.8 Å². The molecule has 7 heteroatoms. The third-order valence-corrected chi connectivity index (χ3v) is 3.52. The number of amides is 1. The maximum atomic E-state index is 12.1. The fourth-order valence-corrected chi connectivity index (χ4v) is 2.25. The standard InChI is InChI=1S/C17H24N4O2.ClH/c1-4-18-13(2)9-19-17(22)15-10-20-21(12-15)11-14-5-7-16(23-3)8-6-14;/h5-8,10,12-13,18H,4,9,11H2,1-3H3,(H,19,22);1H/t13-;/m1./s1. The predicted octanol–water partition coefficient (Wildman–Crippen LogP) is 2.09. The first-order chi connectivity index (χ1) is 11.1. The molecule has 0 saturated carbocycles. The maximum Gasteiger partial charge on any atom is 0.254 e. The highest BCUT2D eigenvalue weighted by Crippen LogP contribution is 2.12. The van der Waals surface area contributed by atoms with Crippen LogP contribution in [0.5, 0.6) is 5.75 Å². The van der Waals surface area contributed by atoms with E-state index in [-0.39, 0.29) is 24.4 Å². The number of likely N-dealkylation sites (N-methyl/N-ethyl adjacent to an activating group) is 1. The minimum atomic E-state index is -0.101. The highest BCUT2D eigenvalue weighted by Gasteiger charge is 2.10. The lowest BCUT2D eigenvalue weighted by Gasteiger charge is -2.12. The van der Waals surface area contributed by atoms with Gasteiger partial charge in [0.05, 0.1) is 25.4 Å². The van der Waals surface area contributed by atoms with Crippen LogP contribution < -0.4 is 15.4 Å². The zero-order chi connectivity index (χ0) is 16.7. The molecule has 0 spiro atoms. The Morgan fingerprint density at radius 1 is 1.33 bits per heavy atom. The number of nitrogens with zero attached hydrogens (tertiary/aromatic N) is 2. The molecule has 0 fully saturated rings. The van der Waals surface area contributed by atoms with Crippen molar-refractivity contribution in [1.82, 2.24) is 20.4 Å². The van der Waals surface area contributed by atoms with Gasteiger partial charge in [-0.15, -0.1) is 12.4 Å². The molecule has 0 bridgehead atoms. The molecular weight excluding hydrogens is 328 g/mol. The molecule has 2 N–H and O–H groups in total. The largest absolute Gasteiger partial charge is 0.497 e. The third kappa shape index (κ3) is 5.86. The monoisotopic (exact) mass is 352 g/mol. The van der Waals surface area contributed by atoms with Gasteiger partial charge >= 0.3 is 0 Å². The number of hydrogen-bond acceptors (Lipinski definition) is 4. The van der Waals surface area contributed by atoms with E-state index in [1.54, 1.807) is 24.2 Å². The second-order valence-electron chi connectivity index (χ2n) is 5.44. The van der Waals surface area contributed by atoms with E-state index in [9.17, 15) is 4.79 Å². The van der Waals surface area contributed by atoms with Crippen molar-refractivity contribution >= 4 is 18.3 Å². The van der Waals surface area contributed by atoms with Gasteiger partial charge in [-0.3, -0.25) is 9.48 Å². The quantitative estimate of drug-likeness (QED) is 0.763. The van der Waals surface area contributed by atoms with Crippen LogP contribution in [0.2, 0.25) is 0 Å². The summed E-state index contributed by atoms with van der Waals surface area (Å²) in [5.74, 6) is 0.722. The Hall–Kier alpha value is -2.05. The molecule has 0 radical (unpaired) electrons. The SMILES string of the molecule is CCN[C@H](C)CNC(=O)c1cnn(Cc2ccc(OC)cc2)c1.Cl. The van der Waals surface area contributed by atoms with Gasteiger partial charge in [0, 0.05) is 18.8 Å². The Balaban J connectivity index is 0.00000288. The van der Waals surface area contributed by atoms with Gasteiger partial charge in [-0.1, -0.05) is 19.1 Å². The fraction of sp³-hybridized carbons (Fsp3) is 0.412. The van der Waals surface area contributed by atoms with Crippen LogP contribution in [0, 0.1) is 0 Å². The summed E-state index contributed by atoms with van der Waals surface area (Å²) in [5.41, 5.74) is 1.67. The van der Waals surface area contributed by atoms with Crippen LogP contribution in [-0.4, -0.2) is 41.9 Å². The first-order valence-corrected chi connectivity index (χ1v) is 7.79. The molecule has 6 nitrogen and oxygen atoms in total. The molecule has 24 heavy (non-hydrogen) atoms. The molecular formula is C17H25ClN4O2. The molecule has 0 aliphatic carbocycles. The molecule has 2 rings (SSSR count). The minimum Gasteiger partial charge on any atom is -0.497 e. The van der Waals surface area contributed by atoms with Crippen LogP contribution in [-0.2, 0) is 6.54 Å². The lowest BCUT2D eigenvalue weighted by Crippen LogP contribution is -2.38. The Morgan fingerprint density at radius 2 is 2.04 bits per heavy atom. The summed E-state index contributed by atoms with van der Waals surface area (Å²) in [6.45, 7) is 6.18. The van der Waals surface area contributed by atoms with Crippen LogP contribution in [0.4, 0.5) is 0 Å². The molecule has 0 saturated heterocycles. The number of rotatable bonds is 8. The van der Waals surface area contributed by atoms with Gasteiger partial charge in [0.1, 0.15) is 5.75 Å². The summed E-state index contributed by atoms with van der Waals surface area (Å²) in [4.78, 5) is 12.1. The summed E-state index contributed by atoms with van der Waals surface area (Å²) >= 11 is 0. The van der Waals surface area contributed by atoms with Gasteiger partial charge in [0.15, 0.2) is 0 Å². The lowest BCUT2D eigenvalue weighted by molar-refractivity contribution is 0.0950. The molecule has 1 atom stereocenters. The van der Waals surface area contributed by atoms with E-state index in [1.807, 2.05) is 38.1 Å². The van der Waals surface area contributed by atoms with Crippen LogP contribution >= 0.6 is 12.4 Å². The molecule has 2 aromatic rings. The van der Waals surface area contributed by atoms with Crippen molar-refractivity contribution in [3.05, 3.63) is 47.8 Å². The molecule has 1 amide bonds. The van der Waals surface area contributed by atoms with Gasteiger partial charge in [-0.25, -0.2) is 0 Å². The van der Waals surface area contributed by atoms with Gasteiger partial charge in [0.2, 0.25) is 0 Å². The summed E-state index contributed by atoms with van der Waals surface area (Å²) in [5, 5.41) is 10.4. The van der Waals surface area contributed by atoms with Crippen molar-refractivity contribution in [3.8, 4) is 5.75 Å². The second kappa shape index (κ2) is 9.95. The van der Waals surface area contributed by atoms with E-state index in [4.69, 9.17) is 4.74 Å². The lowest BCUT2D eigenvalue weighted by atomic mass is 10.2. The Labute approximate surface area is 149 Å². The van der Waals surface area contributed by atoms with E-state index < -0.39 is 0 Å². The number of halogens is 1. The van der Waals surface area contributed by atoms with Gasteiger partial charge in [-0.2, -0.15) is 5.10 Å². The number of benzene rings is 1. The number of carbonyl (C=O) groups is 1. The van der Waals surface area contributed by atoms with Crippen LogP contribution in [0.3, 0.4) is 0 Å². The van der Waals surface area contributed by atoms with Gasteiger partial charge in [0.25, 0.3) is 5.91 Å². The van der Waals surface area contributed by atoms with E-state index in [2.05, 4.69) is 15.7 Å². The van der Waals surface area contributed by atoms with Gasteiger partial charge < -0.3 is 15.4 Å². The van der Waals surface area contributed by atoms with Crippen molar-refractivity contribution in [2.75, 3.05) is 20.2 Å². The van der Waals surface area contributed by atoms with Crippen LogP contribution in [0.25, 0.3) is 0 Å². The van der Waals surface area contributed by atoms with Crippen molar-refractivity contribution in [1.29, 1.82) is 0 Å². The summed E-state index contributed by atoms with van der Waals surface area (Å²) in [6.07, 6.45) is 3.36. The smallest absolute Gasteiger partial charge is 0.254 e. The summed E-state index contributed by atoms with van der Waals surface area (Å²) in [6, 6.07) is 8.04. The number of carbonyl (C=O) groups excluding carboxylic acids is 1. The normalized spacial score (nSPS) is 11.5. The maximum absolute atomic E-state index is 12.1. The average Bonchev–Trinajstić information content (AvgIpc) is 3.02. The fourth-order valence-electron chi connectivity index (χ4n) is 2.25. The molecule has 1 aromatic heterocycles. The average molecular weight is 353 g/mol. The predicted molar refractivity (Wildman–Crippen MR) is 97.0 cm³/mol. The van der Waals surface area contributed by atoms with Crippen molar-refractivity contribution in [2.24, 2.45) is 0 Å². The Morgan fingerprint density at radius 3 is 2.67 bits per heavy atom. The highest BCUT2D eigenvalue weighted by atomic mass is 35.5. The summed E-state index contributed by atoms with van der Waals surface area (Å²) < 4.78 is 6.89. The highest BCUT2D eigenvalue weighted by molar-refractivity contribution is 5.93. The number of nitrogens with one attached hydrogen (secondary N) is 2. The number of methoxy groups -OCH3 is 1. The van der Waals surface area contributed by atoms with Crippen molar-refractivity contribution in [3.63, 3.8) is 0 Å². The topological polar surface area (TPSA) is 68.2 Å². The van der Waals surface area contributed by atoms with E-state index in [0.717, 1.165) is 17.9 Å². The zero-order valence-corrected chi connectivity index (χ0v) is 15.1. The molecule has 0 aliphatic rings. The summed E-state index contributed by atoms with van der Waals surface area (Å²) in [7, 11) is 1.64. The van der Waals surface area contributed by atoms with Crippen molar-refractivity contribution < 1.29 is 9.53 Å². The molecule has 0 unspecified atom stereocenters. The van der Waals surface area contributed by atoms with Crippen LogP contribution in [0.15, 0.2) is 36.7 Å². The molecule has 1 aromatic carbocycles. The van der Waals surface area contributed by atoms with Gasteiger partial charge in [-0.05, 0) is 31.2 Å². The Bertz CT molecular complexity index is 628. The molecule has 0 aliphatic heterocycles. The zero-order valence-electron chi connectivity index (χ0n) is 14.3.